The number of fused-ring (bicyclic) bond motifs is 6. The fourth-order valence-electron chi connectivity index (χ4n) is 7.92. The summed E-state index contributed by atoms with van der Waals surface area (Å²) in [4.78, 5) is 0. The van der Waals surface area contributed by atoms with Crippen LogP contribution in [-0.2, 0) is 0 Å². The molecule has 0 bridgehead atoms. The van der Waals surface area contributed by atoms with Gasteiger partial charge in [-0.2, -0.15) is 0 Å². The van der Waals surface area contributed by atoms with Crippen molar-refractivity contribution in [3.63, 3.8) is 0 Å². The van der Waals surface area contributed by atoms with E-state index in [1.807, 2.05) is 0 Å². The lowest BCUT2D eigenvalue weighted by atomic mass is 9.99. The molecule has 0 aliphatic carbocycles. The van der Waals surface area contributed by atoms with Crippen molar-refractivity contribution in [2.45, 2.75) is 0 Å². The summed E-state index contributed by atoms with van der Waals surface area (Å²) in [5, 5.41) is 5.09. The Bertz CT molecular complexity index is 2850. The molecular weight excluding hydrogens is 629 g/mol. The van der Waals surface area contributed by atoms with Gasteiger partial charge in [0.1, 0.15) is 0 Å². The van der Waals surface area contributed by atoms with Crippen LogP contribution in [0.5, 0.6) is 0 Å². The molecular formula is C50H34N2. The summed E-state index contributed by atoms with van der Waals surface area (Å²) >= 11 is 0. The molecule has 0 aliphatic heterocycles. The van der Waals surface area contributed by atoms with Crippen LogP contribution in [0.4, 0.5) is 0 Å². The van der Waals surface area contributed by atoms with Crippen molar-refractivity contribution in [1.29, 1.82) is 0 Å². The lowest BCUT2D eigenvalue weighted by molar-refractivity contribution is 1.18. The van der Waals surface area contributed by atoms with Gasteiger partial charge in [-0.25, -0.2) is 0 Å². The van der Waals surface area contributed by atoms with Gasteiger partial charge in [0.15, 0.2) is 0 Å². The van der Waals surface area contributed by atoms with Crippen LogP contribution in [-0.4, -0.2) is 9.13 Å². The SMILES string of the molecule is C(=C\c1cccc(-c2ccccc2-n2c3ccccc3c3ccccc32)c1)/c1cccc(-c2ccc(-n3c4ccccc4c4ccccc43)cc2)c1. The van der Waals surface area contributed by atoms with E-state index < -0.39 is 0 Å². The molecule has 0 unspecified atom stereocenters. The van der Waals surface area contributed by atoms with Crippen LogP contribution in [0.1, 0.15) is 11.1 Å². The van der Waals surface area contributed by atoms with Crippen molar-refractivity contribution in [1.82, 2.24) is 9.13 Å². The average Bonchev–Trinajstić information content (AvgIpc) is 3.73. The first-order valence-corrected chi connectivity index (χ1v) is 17.9. The first-order valence-electron chi connectivity index (χ1n) is 17.9. The quantitative estimate of drug-likeness (QED) is 0.157. The highest BCUT2D eigenvalue weighted by molar-refractivity contribution is 6.10. The van der Waals surface area contributed by atoms with Gasteiger partial charge in [0, 0.05) is 32.8 Å². The molecule has 0 aliphatic rings. The van der Waals surface area contributed by atoms with E-state index in [1.165, 1.54) is 77.1 Å². The summed E-state index contributed by atoms with van der Waals surface area (Å²) in [6.07, 6.45) is 4.44. The van der Waals surface area contributed by atoms with Crippen LogP contribution in [0.25, 0.3) is 89.4 Å². The zero-order valence-electron chi connectivity index (χ0n) is 28.5. The van der Waals surface area contributed by atoms with Crippen LogP contribution >= 0.6 is 0 Å². The molecule has 0 atom stereocenters. The molecule has 2 aromatic heterocycles. The molecule has 52 heavy (non-hydrogen) atoms. The summed E-state index contributed by atoms with van der Waals surface area (Å²) in [5.74, 6) is 0. The summed E-state index contributed by atoms with van der Waals surface area (Å²) < 4.78 is 4.77. The molecule has 0 fully saturated rings. The van der Waals surface area contributed by atoms with Crippen molar-refractivity contribution < 1.29 is 0 Å². The normalized spacial score (nSPS) is 11.8. The predicted octanol–water partition coefficient (Wildman–Crippen LogP) is 13.4. The largest absolute Gasteiger partial charge is 0.309 e. The molecule has 0 radical (unpaired) electrons. The monoisotopic (exact) mass is 662 g/mol. The van der Waals surface area contributed by atoms with Gasteiger partial charge in [-0.3, -0.25) is 0 Å². The first kappa shape index (κ1) is 30.0. The highest BCUT2D eigenvalue weighted by atomic mass is 15.0. The van der Waals surface area contributed by atoms with Gasteiger partial charge in [-0.15, -0.1) is 0 Å². The first-order chi connectivity index (χ1) is 25.8. The summed E-state index contributed by atoms with van der Waals surface area (Å²) in [6, 6.07) is 70.0. The molecule has 2 heterocycles. The Hall–Kier alpha value is -6.90. The van der Waals surface area contributed by atoms with Gasteiger partial charge in [0.05, 0.1) is 27.8 Å². The third kappa shape index (κ3) is 5.04. The maximum Gasteiger partial charge on any atom is 0.0541 e. The van der Waals surface area contributed by atoms with E-state index in [0.29, 0.717) is 0 Å². The maximum atomic E-state index is 2.41. The third-order valence-electron chi connectivity index (χ3n) is 10.3. The number of hydrogen-bond donors (Lipinski definition) is 0. The lowest BCUT2D eigenvalue weighted by Gasteiger charge is -2.14. The Kier molecular flexibility index (Phi) is 7.18. The van der Waals surface area contributed by atoms with Gasteiger partial charge in [0.25, 0.3) is 0 Å². The lowest BCUT2D eigenvalue weighted by Crippen LogP contribution is -1.97. The van der Waals surface area contributed by atoms with Crippen molar-refractivity contribution in [3.8, 4) is 33.6 Å². The van der Waals surface area contributed by atoms with Crippen LogP contribution in [0, 0.1) is 0 Å². The minimum absolute atomic E-state index is 1.16. The Morgan fingerprint density at radius 3 is 1.31 bits per heavy atom. The van der Waals surface area contributed by atoms with Crippen LogP contribution in [0.2, 0.25) is 0 Å². The van der Waals surface area contributed by atoms with Gasteiger partial charge >= 0.3 is 0 Å². The topological polar surface area (TPSA) is 9.86 Å². The average molecular weight is 663 g/mol. The Morgan fingerprint density at radius 1 is 0.308 bits per heavy atom. The number of hydrogen-bond acceptors (Lipinski definition) is 0. The molecule has 10 aromatic rings. The van der Waals surface area contributed by atoms with Crippen molar-refractivity contribution in [3.05, 3.63) is 205 Å². The van der Waals surface area contributed by atoms with Crippen molar-refractivity contribution in [2.75, 3.05) is 0 Å². The minimum Gasteiger partial charge on any atom is -0.309 e. The van der Waals surface area contributed by atoms with E-state index in [9.17, 15) is 0 Å². The molecule has 0 amide bonds. The highest BCUT2D eigenvalue weighted by Gasteiger charge is 2.15. The van der Waals surface area contributed by atoms with Crippen LogP contribution < -0.4 is 0 Å². The van der Waals surface area contributed by atoms with Gasteiger partial charge < -0.3 is 9.13 Å². The third-order valence-corrected chi connectivity index (χ3v) is 10.3. The maximum absolute atomic E-state index is 2.41. The number of benzene rings is 8. The summed E-state index contributed by atoms with van der Waals surface area (Å²) in [6.45, 7) is 0. The molecule has 244 valence electrons. The van der Waals surface area contributed by atoms with Crippen molar-refractivity contribution >= 4 is 55.8 Å². The zero-order chi connectivity index (χ0) is 34.4. The second-order valence-corrected chi connectivity index (χ2v) is 13.4. The van der Waals surface area contributed by atoms with Crippen LogP contribution in [0.15, 0.2) is 194 Å². The molecule has 2 heteroatoms. The van der Waals surface area contributed by atoms with Gasteiger partial charge in [-0.05, 0) is 82.4 Å². The Labute approximate surface area is 302 Å². The standard InChI is InChI=1S/C50H34N2/c1-6-22-46(52-49-25-9-4-20-44(49)45-21-5-10-26-50(45)52)41(17-1)39-16-12-14-36(34-39)28-27-35-13-11-15-38(33-35)37-29-31-40(32-30-37)51-47-23-7-2-18-42(47)43-19-3-8-24-48(43)51/h1-34H/b28-27+. The number of aromatic nitrogens is 2. The number of rotatable bonds is 6. The Morgan fingerprint density at radius 2 is 0.750 bits per heavy atom. The second kappa shape index (κ2) is 12.5. The molecule has 10 rings (SSSR count). The van der Waals surface area contributed by atoms with Gasteiger partial charge in [0.2, 0.25) is 0 Å². The molecule has 8 aromatic carbocycles. The summed E-state index contributed by atoms with van der Waals surface area (Å²) in [5.41, 5.74) is 14.3. The van der Waals surface area contributed by atoms with E-state index in [4.69, 9.17) is 0 Å². The van der Waals surface area contributed by atoms with Gasteiger partial charge in [-0.1, -0.05) is 152 Å². The minimum atomic E-state index is 1.16. The van der Waals surface area contributed by atoms with E-state index >= 15 is 0 Å². The van der Waals surface area contributed by atoms with E-state index in [2.05, 4.69) is 215 Å². The number of para-hydroxylation sites is 5. The molecule has 0 N–H and O–H groups in total. The molecule has 2 nitrogen and oxygen atoms in total. The molecule has 0 spiro atoms. The fourth-order valence-corrected chi connectivity index (χ4v) is 7.92. The second-order valence-electron chi connectivity index (χ2n) is 13.4. The Balaban J connectivity index is 0.958. The van der Waals surface area contributed by atoms with Crippen molar-refractivity contribution in [2.24, 2.45) is 0 Å². The number of nitrogens with zero attached hydrogens (tertiary/aromatic N) is 2. The molecule has 0 saturated heterocycles. The van der Waals surface area contributed by atoms with E-state index in [1.54, 1.807) is 0 Å². The zero-order valence-corrected chi connectivity index (χ0v) is 28.5. The van der Waals surface area contributed by atoms with E-state index in [-0.39, 0.29) is 0 Å². The van der Waals surface area contributed by atoms with E-state index in [0.717, 1.165) is 11.3 Å². The predicted molar refractivity (Wildman–Crippen MR) is 221 cm³/mol. The van der Waals surface area contributed by atoms with Crippen LogP contribution in [0.3, 0.4) is 0 Å². The highest BCUT2D eigenvalue weighted by Crippen LogP contribution is 2.37. The smallest absolute Gasteiger partial charge is 0.0541 e. The molecule has 0 saturated carbocycles. The fraction of sp³-hybridized carbons (Fsp3) is 0. The summed E-state index contributed by atoms with van der Waals surface area (Å²) in [7, 11) is 0.